The fraction of sp³-hybridized carbons (Fsp3) is 0.900. The van der Waals surface area contributed by atoms with Gasteiger partial charge in [0.25, 0.3) is 0 Å². The molecule has 0 rings (SSSR count). The molecule has 1 amide bonds. The van der Waals surface area contributed by atoms with Crippen LogP contribution in [0.4, 0.5) is 0 Å². The summed E-state index contributed by atoms with van der Waals surface area (Å²) < 4.78 is 0. The van der Waals surface area contributed by atoms with Crippen LogP contribution in [-0.4, -0.2) is 17.8 Å². The molecule has 0 aromatic carbocycles. The Hall–Kier alpha value is -0.240. The monoisotopic (exact) mass is 205 g/mol. The Labute approximate surface area is 86.0 Å². The van der Waals surface area contributed by atoms with Crippen molar-refractivity contribution in [3.8, 4) is 0 Å². The summed E-state index contributed by atoms with van der Waals surface area (Å²) in [5, 5.41) is 2.95. The molecule has 0 bridgehead atoms. The van der Waals surface area contributed by atoms with Crippen LogP contribution in [0.1, 0.15) is 34.6 Å². The lowest BCUT2D eigenvalue weighted by molar-refractivity contribution is -0.129. The Morgan fingerprint density at radius 1 is 1.38 bits per heavy atom. The van der Waals surface area contributed by atoms with Crippen molar-refractivity contribution in [1.29, 1.82) is 0 Å². The number of alkyl halides is 1. The molecular weight excluding hydrogens is 186 g/mol. The fourth-order valence-electron chi connectivity index (χ4n) is 0.630. The average Bonchev–Trinajstić information content (AvgIpc) is 2.04. The van der Waals surface area contributed by atoms with Crippen LogP contribution in [0, 0.1) is 11.3 Å². The van der Waals surface area contributed by atoms with Crippen molar-refractivity contribution in [2.45, 2.75) is 40.7 Å². The maximum absolute atomic E-state index is 11.6. The Balaban J connectivity index is 4.15. The van der Waals surface area contributed by atoms with Crippen LogP contribution in [0.25, 0.3) is 0 Å². The van der Waals surface area contributed by atoms with Crippen molar-refractivity contribution >= 4 is 17.5 Å². The van der Waals surface area contributed by atoms with Crippen LogP contribution < -0.4 is 5.32 Å². The van der Waals surface area contributed by atoms with E-state index in [1.165, 1.54) is 0 Å². The van der Waals surface area contributed by atoms with Gasteiger partial charge in [0.15, 0.2) is 0 Å². The summed E-state index contributed by atoms with van der Waals surface area (Å²) in [6, 6.07) is 0.204. The molecule has 0 aliphatic heterocycles. The summed E-state index contributed by atoms with van der Waals surface area (Å²) >= 11 is 5.69. The third-order valence-corrected chi connectivity index (χ3v) is 2.98. The maximum Gasteiger partial charge on any atom is 0.227 e. The predicted octanol–water partition coefficient (Wildman–Crippen LogP) is 2.41. The third-order valence-electron chi connectivity index (χ3n) is 2.31. The number of carbonyl (C=O) groups excluding carboxylic acids is 1. The normalized spacial score (nSPS) is 14.4. The predicted molar refractivity (Wildman–Crippen MR) is 56.9 cm³/mol. The molecule has 1 unspecified atom stereocenters. The molecule has 0 fully saturated rings. The molecule has 1 atom stereocenters. The summed E-state index contributed by atoms with van der Waals surface area (Å²) in [4.78, 5) is 11.6. The number of hydrogen-bond donors (Lipinski definition) is 1. The molecule has 0 saturated carbocycles. The van der Waals surface area contributed by atoms with E-state index in [1.807, 2.05) is 20.8 Å². The number of hydrogen-bond acceptors (Lipinski definition) is 1. The number of amides is 1. The van der Waals surface area contributed by atoms with Gasteiger partial charge in [0.2, 0.25) is 5.91 Å². The van der Waals surface area contributed by atoms with Gasteiger partial charge in [-0.1, -0.05) is 13.8 Å². The highest BCUT2D eigenvalue weighted by molar-refractivity contribution is 6.19. The fourth-order valence-corrected chi connectivity index (χ4v) is 0.751. The Kier molecular flexibility index (Phi) is 4.76. The Morgan fingerprint density at radius 3 is 2.15 bits per heavy atom. The molecule has 3 heteroatoms. The maximum atomic E-state index is 11.6. The standard InChI is InChI=1S/C10H20ClNO/c1-7(2)8(3)12-9(13)10(4,5)6-11/h7-8H,6H2,1-5H3,(H,12,13). The zero-order valence-corrected chi connectivity index (χ0v) is 9.90. The highest BCUT2D eigenvalue weighted by Gasteiger charge is 2.27. The number of rotatable bonds is 4. The van der Waals surface area contributed by atoms with Gasteiger partial charge in [-0.15, -0.1) is 11.6 Å². The van der Waals surface area contributed by atoms with Gasteiger partial charge in [0, 0.05) is 11.9 Å². The Bertz CT molecular complexity index is 178. The van der Waals surface area contributed by atoms with Gasteiger partial charge in [-0.3, -0.25) is 4.79 Å². The molecule has 0 heterocycles. The first kappa shape index (κ1) is 12.8. The van der Waals surface area contributed by atoms with Crippen molar-refractivity contribution in [1.82, 2.24) is 5.32 Å². The van der Waals surface area contributed by atoms with E-state index in [4.69, 9.17) is 11.6 Å². The van der Waals surface area contributed by atoms with Crippen molar-refractivity contribution in [2.75, 3.05) is 5.88 Å². The van der Waals surface area contributed by atoms with Gasteiger partial charge in [-0.2, -0.15) is 0 Å². The minimum atomic E-state index is -0.468. The summed E-state index contributed by atoms with van der Waals surface area (Å²) in [5.41, 5.74) is -0.468. The van der Waals surface area contributed by atoms with Crippen LogP contribution in [0.3, 0.4) is 0 Å². The minimum absolute atomic E-state index is 0.0312. The topological polar surface area (TPSA) is 29.1 Å². The molecule has 13 heavy (non-hydrogen) atoms. The van der Waals surface area contributed by atoms with E-state index in [0.29, 0.717) is 11.8 Å². The smallest absolute Gasteiger partial charge is 0.227 e. The third kappa shape index (κ3) is 3.99. The summed E-state index contributed by atoms with van der Waals surface area (Å²) in [6.45, 7) is 9.87. The first-order valence-electron chi connectivity index (χ1n) is 4.68. The Morgan fingerprint density at radius 2 is 1.85 bits per heavy atom. The van der Waals surface area contributed by atoms with Gasteiger partial charge < -0.3 is 5.32 Å². The lowest BCUT2D eigenvalue weighted by atomic mass is 9.94. The zero-order valence-electron chi connectivity index (χ0n) is 9.15. The van der Waals surface area contributed by atoms with E-state index in [1.54, 1.807) is 0 Å². The van der Waals surface area contributed by atoms with Gasteiger partial charge in [0.05, 0.1) is 5.41 Å². The molecule has 1 N–H and O–H groups in total. The van der Waals surface area contributed by atoms with Crippen molar-refractivity contribution in [3.63, 3.8) is 0 Å². The highest BCUT2D eigenvalue weighted by atomic mass is 35.5. The lowest BCUT2D eigenvalue weighted by Gasteiger charge is -2.25. The van der Waals surface area contributed by atoms with Crippen LogP contribution in [-0.2, 0) is 4.79 Å². The number of carbonyl (C=O) groups is 1. The first-order chi connectivity index (χ1) is 5.81. The summed E-state index contributed by atoms with van der Waals surface area (Å²) in [6.07, 6.45) is 0. The molecular formula is C10H20ClNO. The van der Waals surface area contributed by atoms with E-state index in [-0.39, 0.29) is 11.9 Å². The van der Waals surface area contributed by atoms with E-state index >= 15 is 0 Å². The molecule has 0 aliphatic carbocycles. The largest absolute Gasteiger partial charge is 0.353 e. The molecule has 0 saturated heterocycles. The van der Waals surface area contributed by atoms with Gasteiger partial charge in [-0.25, -0.2) is 0 Å². The molecule has 2 nitrogen and oxygen atoms in total. The van der Waals surface area contributed by atoms with Gasteiger partial charge in [0.1, 0.15) is 0 Å². The molecule has 0 radical (unpaired) electrons. The van der Waals surface area contributed by atoms with Crippen LogP contribution in [0.2, 0.25) is 0 Å². The van der Waals surface area contributed by atoms with E-state index in [2.05, 4.69) is 19.2 Å². The molecule has 0 aliphatic rings. The molecule has 78 valence electrons. The first-order valence-corrected chi connectivity index (χ1v) is 5.21. The second kappa shape index (κ2) is 4.85. The van der Waals surface area contributed by atoms with Gasteiger partial charge in [-0.05, 0) is 26.7 Å². The second-order valence-electron chi connectivity index (χ2n) is 4.52. The minimum Gasteiger partial charge on any atom is -0.353 e. The number of halogens is 1. The molecule has 0 spiro atoms. The summed E-state index contributed by atoms with van der Waals surface area (Å²) in [7, 11) is 0. The quantitative estimate of drug-likeness (QED) is 0.702. The second-order valence-corrected chi connectivity index (χ2v) is 4.79. The van der Waals surface area contributed by atoms with Crippen LogP contribution in [0.15, 0.2) is 0 Å². The lowest BCUT2D eigenvalue weighted by Crippen LogP contribution is -2.44. The zero-order chi connectivity index (χ0) is 10.6. The van der Waals surface area contributed by atoms with E-state index in [0.717, 1.165) is 0 Å². The van der Waals surface area contributed by atoms with Gasteiger partial charge >= 0.3 is 0 Å². The van der Waals surface area contributed by atoms with Crippen LogP contribution in [0.5, 0.6) is 0 Å². The van der Waals surface area contributed by atoms with E-state index < -0.39 is 5.41 Å². The molecule has 0 aromatic heterocycles. The van der Waals surface area contributed by atoms with E-state index in [9.17, 15) is 4.79 Å². The highest BCUT2D eigenvalue weighted by Crippen LogP contribution is 2.17. The molecule has 0 aromatic rings. The number of nitrogens with one attached hydrogen (secondary N) is 1. The van der Waals surface area contributed by atoms with Crippen LogP contribution >= 0.6 is 11.6 Å². The SMILES string of the molecule is CC(C)C(C)NC(=O)C(C)(C)CCl. The van der Waals surface area contributed by atoms with Crippen molar-refractivity contribution in [3.05, 3.63) is 0 Å². The summed E-state index contributed by atoms with van der Waals surface area (Å²) in [5.74, 6) is 0.836. The average molecular weight is 206 g/mol. The van der Waals surface area contributed by atoms with Crippen molar-refractivity contribution in [2.24, 2.45) is 11.3 Å². The van der Waals surface area contributed by atoms with Crippen molar-refractivity contribution < 1.29 is 4.79 Å².